The van der Waals surface area contributed by atoms with E-state index in [0.717, 1.165) is 11.1 Å². The number of sulfone groups is 1. The van der Waals surface area contributed by atoms with Crippen LogP contribution in [0, 0.1) is 13.8 Å². The van der Waals surface area contributed by atoms with Gasteiger partial charge >= 0.3 is 0 Å². The molecule has 3 aromatic carbocycles. The van der Waals surface area contributed by atoms with Crippen LogP contribution in [0.2, 0.25) is 0 Å². The van der Waals surface area contributed by atoms with Crippen LogP contribution < -0.4 is 10.3 Å². The van der Waals surface area contributed by atoms with Crippen LogP contribution in [-0.4, -0.2) is 15.5 Å². The predicted molar refractivity (Wildman–Crippen MR) is 116 cm³/mol. The van der Waals surface area contributed by atoms with Crippen LogP contribution in [0.4, 0.5) is 5.69 Å². The normalized spacial score (nSPS) is 12.3. The van der Waals surface area contributed by atoms with Gasteiger partial charge in [-0.3, -0.25) is 0 Å². The maximum atomic E-state index is 13.4. The molecule has 0 saturated heterocycles. The summed E-state index contributed by atoms with van der Waals surface area (Å²) in [7, 11) is -2.28. The summed E-state index contributed by atoms with van der Waals surface area (Å²) in [6.45, 7) is 3.89. The average Bonchev–Trinajstić information content (AvgIpc) is 2.74. The monoisotopic (exact) mass is 419 g/mol. The molecule has 0 atom stereocenters. The van der Waals surface area contributed by atoms with Crippen molar-refractivity contribution in [1.82, 2.24) is 0 Å². The highest BCUT2D eigenvalue weighted by atomic mass is 32.2. The first-order chi connectivity index (χ1) is 14.4. The fourth-order valence-electron chi connectivity index (χ4n) is 3.06. The lowest BCUT2D eigenvalue weighted by molar-refractivity contribution is 0.413. The fraction of sp³-hybridized carbons (Fsp3) is 0.125. The summed E-state index contributed by atoms with van der Waals surface area (Å²) >= 11 is 0. The molecule has 152 valence electrons. The molecule has 0 N–H and O–H groups in total. The molecule has 0 radical (unpaired) electrons. The fourth-order valence-corrected chi connectivity index (χ4v) is 4.41. The van der Waals surface area contributed by atoms with Crippen LogP contribution in [-0.2, 0) is 9.84 Å². The van der Waals surface area contributed by atoms with E-state index in [4.69, 9.17) is 9.15 Å². The highest BCUT2D eigenvalue weighted by Gasteiger charge is 2.22. The minimum Gasteiger partial charge on any atom is -0.497 e. The van der Waals surface area contributed by atoms with E-state index in [0.29, 0.717) is 22.4 Å². The summed E-state index contributed by atoms with van der Waals surface area (Å²) in [5.74, 6) is 0.613. The van der Waals surface area contributed by atoms with Crippen molar-refractivity contribution in [2.45, 2.75) is 23.6 Å². The van der Waals surface area contributed by atoms with Gasteiger partial charge in [0, 0.05) is 11.5 Å². The Morgan fingerprint density at radius 3 is 2.10 bits per heavy atom. The molecule has 0 saturated carbocycles. The molecule has 1 aromatic heterocycles. The molecule has 30 heavy (non-hydrogen) atoms. The van der Waals surface area contributed by atoms with Gasteiger partial charge in [-0.15, -0.1) is 0 Å². The molecule has 0 spiro atoms. The molecule has 1 heterocycles. The third-order valence-electron chi connectivity index (χ3n) is 4.81. The quantitative estimate of drug-likeness (QED) is 0.460. The minimum atomic E-state index is -3.84. The lowest BCUT2D eigenvalue weighted by atomic mass is 10.2. The number of hydrogen-bond donors (Lipinski definition) is 0. The SMILES string of the molecule is COc1ccc2cc(S(=O)(=O)c3ccc(C)cc3)c(=Nc3ccc(C)cc3)oc2c1. The third kappa shape index (κ3) is 3.86. The number of hydrogen-bond acceptors (Lipinski definition) is 5. The summed E-state index contributed by atoms with van der Waals surface area (Å²) < 4.78 is 38.1. The van der Waals surface area contributed by atoms with Crippen LogP contribution >= 0.6 is 0 Å². The summed E-state index contributed by atoms with van der Waals surface area (Å²) in [5, 5.41) is 0.643. The molecule has 0 aliphatic rings. The van der Waals surface area contributed by atoms with Crippen molar-refractivity contribution in [3.8, 4) is 5.75 Å². The highest BCUT2D eigenvalue weighted by Crippen LogP contribution is 2.25. The van der Waals surface area contributed by atoms with E-state index in [2.05, 4.69) is 4.99 Å². The number of methoxy groups -OCH3 is 1. The molecule has 0 fully saturated rings. The molecule has 4 rings (SSSR count). The molecule has 0 aliphatic heterocycles. The standard InChI is InChI=1S/C24H21NO4S/c1-16-4-9-19(10-5-16)25-24-23(30(26,27)21-12-6-17(2)7-13-21)14-18-8-11-20(28-3)15-22(18)29-24/h4-15H,1-3H3. The lowest BCUT2D eigenvalue weighted by Crippen LogP contribution is -2.15. The van der Waals surface area contributed by atoms with E-state index < -0.39 is 9.84 Å². The number of benzene rings is 3. The van der Waals surface area contributed by atoms with Crippen molar-refractivity contribution in [3.05, 3.63) is 89.5 Å². The molecule has 5 nitrogen and oxygen atoms in total. The summed E-state index contributed by atoms with van der Waals surface area (Å²) in [5.41, 5.74) is 3.19. The van der Waals surface area contributed by atoms with Gasteiger partial charge in [-0.25, -0.2) is 13.4 Å². The number of ether oxygens (including phenoxy) is 1. The number of rotatable bonds is 4. The number of nitrogens with zero attached hydrogens (tertiary/aromatic N) is 1. The maximum absolute atomic E-state index is 13.4. The number of fused-ring (bicyclic) bond motifs is 1. The lowest BCUT2D eigenvalue weighted by Gasteiger charge is -2.08. The van der Waals surface area contributed by atoms with Crippen molar-refractivity contribution in [2.75, 3.05) is 7.11 Å². The van der Waals surface area contributed by atoms with E-state index >= 15 is 0 Å². The zero-order valence-electron chi connectivity index (χ0n) is 16.9. The van der Waals surface area contributed by atoms with Gasteiger partial charge in [-0.05, 0) is 56.3 Å². The van der Waals surface area contributed by atoms with Crippen LogP contribution in [0.5, 0.6) is 5.75 Å². The van der Waals surface area contributed by atoms with E-state index in [1.54, 1.807) is 55.6 Å². The van der Waals surface area contributed by atoms with Crippen LogP contribution in [0.15, 0.2) is 92.0 Å². The first-order valence-corrected chi connectivity index (χ1v) is 10.9. The number of aryl methyl sites for hydroxylation is 2. The summed E-state index contributed by atoms with van der Waals surface area (Å²) in [4.78, 5) is 4.72. The Kier molecular flexibility index (Phi) is 5.18. The maximum Gasteiger partial charge on any atom is 0.239 e. The third-order valence-corrected chi connectivity index (χ3v) is 6.57. The molecule has 4 aromatic rings. The molecule has 0 bridgehead atoms. The Hall–Kier alpha value is -3.38. The summed E-state index contributed by atoms with van der Waals surface area (Å²) in [6, 6.07) is 21.0. The molecule has 0 amide bonds. The van der Waals surface area contributed by atoms with E-state index in [-0.39, 0.29) is 15.3 Å². The van der Waals surface area contributed by atoms with E-state index in [1.165, 1.54) is 0 Å². The Balaban J connectivity index is 2.01. The zero-order valence-corrected chi connectivity index (χ0v) is 17.7. The largest absolute Gasteiger partial charge is 0.497 e. The van der Waals surface area contributed by atoms with Gasteiger partial charge in [-0.1, -0.05) is 35.4 Å². The molecular weight excluding hydrogens is 398 g/mol. The smallest absolute Gasteiger partial charge is 0.239 e. The van der Waals surface area contributed by atoms with Gasteiger partial charge in [0.05, 0.1) is 17.7 Å². The molecule has 0 aliphatic carbocycles. The van der Waals surface area contributed by atoms with Crippen molar-refractivity contribution in [3.63, 3.8) is 0 Å². The average molecular weight is 420 g/mol. The minimum absolute atomic E-state index is 0.0181. The van der Waals surface area contributed by atoms with Gasteiger partial charge in [-0.2, -0.15) is 0 Å². The van der Waals surface area contributed by atoms with Crippen LogP contribution in [0.1, 0.15) is 11.1 Å². The van der Waals surface area contributed by atoms with Crippen molar-refractivity contribution < 1.29 is 17.6 Å². The van der Waals surface area contributed by atoms with Gasteiger partial charge in [0.15, 0.2) is 0 Å². The highest BCUT2D eigenvalue weighted by molar-refractivity contribution is 7.91. The Morgan fingerprint density at radius 2 is 1.47 bits per heavy atom. The molecule has 0 unspecified atom stereocenters. The second-order valence-corrected chi connectivity index (χ2v) is 9.00. The van der Waals surface area contributed by atoms with Crippen molar-refractivity contribution in [2.24, 2.45) is 4.99 Å². The van der Waals surface area contributed by atoms with Gasteiger partial charge in [0.1, 0.15) is 16.2 Å². The van der Waals surface area contributed by atoms with Crippen LogP contribution in [0.25, 0.3) is 11.0 Å². The first kappa shape index (κ1) is 19.9. The van der Waals surface area contributed by atoms with Gasteiger partial charge in [0.2, 0.25) is 15.4 Å². The van der Waals surface area contributed by atoms with E-state index in [1.807, 2.05) is 38.1 Å². The van der Waals surface area contributed by atoms with Gasteiger partial charge in [0.25, 0.3) is 0 Å². The topological polar surface area (TPSA) is 68.9 Å². The van der Waals surface area contributed by atoms with E-state index in [9.17, 15) is 8.42 Å². The summed E-state index contributed by atoms with van der Waals surface area (Å²) in [6.07, 6.45) is 0. The second kappa shape index (κ2) is 7.80. The Morgan fingerprint density at radius 1 is 0.833 bits per heavy atom. The molecule has 6 heteroatoms. The first-order valence-electron chi connectivity index (χ1n) is 9.42. The zero-order chi connectivity index (χ0) is 21.3. The van der Waals surface area contributed by atoms with Crippen molar-refractivity contribution in [1.29, 1.82) is 0 Å². The Bertz CT molecular complexity index is 1380. The molecular formula is C24H21NO4S. The predicted octanol–water partition coefficient (Wildman–Crippen LogP) is 5.12. The van der Waals surface area contributed by atoms with Crippen molar-refractivity contribution >= 4 is 26.5 Å². The van der Waals surface area contributed by atoms with Gasteiger partial charge < -0.3 is 9.15 Å². The van der Waals surface area contributed by atoms with Crippen LogP contribution in [0.3, 0.4) is 0 Å². The Labute approximate surface area is 175 Å². The second-order valence-electron chi connectivity index (χ2n) is 7.08.